The highest BCUT2D eigenvalue weighted by atomic mass is 16.5. The maximum absolute atomic E-state index is 8.73. The Balaban J connectivity index is 3.46. The third-order valence-electron chi connectivity index (χ3n) is 1.82. The minimum absolute atomic E-state index is 0.0981. The van der Waals surface area contributed by atoms with Crippen LogP contribution in [-0.2, 0) is 9.47 Å². The molecule has 0 aromatic rings. The van der Waals surface area contributed by atoms with Gasteiger partial charge in [-0.15, -0.1) is 0 Å². The van der Waals surface area contributed by atoms with E-state index in [1.54, 1.807) is 7.11 Å². The van der Waals surface area contributed by atoms with E-state index in [-0.39, 0.29) is 12.1 Å². The smallest absolute Gasteiger partial charge is 0.0974 e. The summed E-state index contributed by atoms with van der Waals surface area (Å²) in [7, 11) is 1.65. The van der Waals surface area contributed by atoms with E-state index in [2.05, 4.69) is 11.4 Å². The predicted octanol–water partition coefficient (Wildman–Crippen LogP) is 0.930. The highest BCUT2D eigenvalue weighted by molar-refractivity contribution is 4.88. The highest BCUT2D eigenvalue weighted by Crippen LogP contribution is 1.96. The maximum Gasteiger partial charge on any atom is 0.0974 e. The first kappa shape index (κ1) is 13.4. The number of ether oxygens (including phenoxy) is 2. The van der Waals surface area contributed by atoms with Crippen molar-refractivity contribution in [1.29, 1.82) is 5.26 Å². The molecule has 0 amide bonds. The second-order valence-corrected chi connectivity index (χ2v) is 3.16. The molecule has 0 rings (SSSR count). The second-order valence-electron chi connectivity index (χ2n) is 3.16. The molecule has 0 aliphatic rings. The summed E-state index contributed by atoms with van der Waals surface area (Å²) in [6.45, 7) is 5.94. The topological polar surface area (TPSA) is 54.3 Å². The molecule has 2 atom stereocenters. The van der Waals surface area contributed by atoms with Crippen LogP contribution in [0.3, 0.4) is 0 Å². The molecule has 0 aromatic carbocycles. The lowest BCUT2D eigenvalue weighted by molar-refractivity contribution is 0.00699. The number of nitriles is 1. The second kappa shape index (κ2) is 8.95. The van der Waals surface area contributed by atoms with Crippen LogP contribution in [-0.4, -0.2) is 39.0 Å². The van der Waals surface area contributed by atoms with Crippen LogP contribution in [0.2, 0.25) is 0 Å². The summed E-state index contributed by atoms with van der Waals surface area (Å²) >= 11 is 0. The van der Waals surface area contributed by atoms with Crippen LogP contribution in [0.4, 0.5) is 0 Å². The molecule has 0 fully saturated rings. The first-order valence-electron chi connectivity index (χ1n) is 4.98. The van der Waals surface area contributed by atoms with Gasteiger partial charge in [0.15, 0.2) is 0 Å². The van der Waals surface area contributed by atoms with Crippen molar-refractivity contribution in [3.63, 3.8) is 0 Å². The van der Waals surface area contributed by atoms with Gasteiger partial charge in [0, 0.05) is 13.7 Å². The third-order valence-corrected chi connectivity index (χ3v) is 1.82. The number of hydrogen-bond donors (Lipinski definition) is 1. The summed E-state index contributed by atoms with van der Waals surface area (Å²) in [5.41, 5.74) is 0. The molecule has 0 aromatic heterocycles. The van der Waals surface area contributed by atoms with Crippen molar-refractivity contribution in [2.75, 3.05) is 26.9 Å². The van der Waals surface area contributed by atoms with Gasteiger partial charge in [0.2, 0.25) is 0 Å². The Morgan fingerprint density at radius 1 is 1.50 bits per heavy atom. The number of hydrogen-bond acceptors (Lipinski definition) is 4. The minimum Gasteiger partial charge on any atom is -0.382 e. The fourth-order valence-electron chi connectivity index (χ4n) is 1.13. The van der Waals surface area contributed by atoms with Crippen LogP contribution in [0, 0.1) is 11.3 Å². The Labute approximate surface area is 86.2 Å². The monoisotopic (exact) mass is 200 g/mol. The van der Waals surface area contributed by atoms with Crippen molar-refractivity contribution in [3.05, 3.63) is 0 Å². The Morgan fingerprint density at radius 2 is 2.21 bits per heavy atom. The molecule has 4 heteroatoms. The first-order chi connectivity index (χ1) is 6.74. The molecule has 2 unspecified atom stereocenters. The zero-order valence-electron chi connectivity index (χ0n) is 9.25. The van der Waals surface area contributed by atoms with Gasteiger partial charge in [0.25, 0.3) is 0 Å². The van der Waals surface area contributed by atoms with Crippen LogP contribution in [0.25, 0.3) is 0 Å². The molecule has 0 saturated carbocycles. The van der Waals surface area contributed by atoms with E-state index in [1.807, 2.05) is 13.8 Å². The molecule has 0 heterocycles. The molecule has 0 saturated heterocycles. The predicted molar refractivity (Wildman–Crippen MR) is 55.0 cm³/mol. The van der Waals surface area contributed by atoms with Gasteiger partial charge < -0.3 is 14.8 Å². The largest absolute Gasteiger partial charge is 0.382 e. The van der Waals surface area contributed by atoms with Gasteiger partial charge in [0.1, 0.15) is 0 Å². The number of nitrogens with zero attached hydrogens (tertiary/aromatic N) is 1. The summed E-state index contributed by atoms with van der Waals surface area (Å²) in [6, 6.07) is 2.08. The summed E-state index contributed by atoms with van der Waals surface area (Å²) in [5.74, 6) is 0. The lowest BCUT2D eigenvalue weighted by atomic mass is 10.2. The molecule has 0 aliphatic heterocycles. The minimum atomic E-state index is -0.102. The molecule has 0 aliphatic carbocycles. The van der Waals surface area contributed by atoms with Gasteiger partial charge >= 0.3 is 0 Å². The molecule has 0 spiro atoms. The van der Waals surface area contributed by atoms with Crippen molar-refractivity contribution in [3.8, 4) is 6.07 Å². The van der Waals surface area contributed by atoms with Gasteiger partial charge in [-0.05, 0) is 19.9 Å². The highest BCUT2D eigenvalue weighted by Gasteiger charge is 2.06. The van der Waals surface area contributed by atoms with Crippen molar-refractivity contribution >= 4 is 0 Å². The van der Waals surface area contributed by atoms with E-state index in [1.165, 1.54) is 0 Å². The van der Waals surface area contributed by atoms with E-state index in [0.29, 0.717) is 13.2 Å². The van der Waals surface area contributed by atoms with Crippen LogP contribution in [0.1, 0.15) is 20.3 Å². The van der Waals surface area contributed by atoms with E-state index >= 15 is 0 Å². The molecule has 0 bridgehead atoms. The van der Waals surface area contributed by atoms with Crippen LogP contribution in [0.5, 0.6) is 0 Å². The number of nitrogens with one attached hydrogen (secondary N) is 1. The summed E-state index contributed by atoms with van der Waals surface area (Å²) in [4.78, 5) is 0. The Hall–Kier alpha value is -0.630. The van der Waals surface area contributed by atoms with Gasteiger partial charge in [-0.3, -0.25) is 0 Å². The summed E-state index contributed by atoms with van der Waals surface area (Å²) < 4.78 is 10.4. The average molecular weight is 200 g/mol. The fraction of sp³-hybridized carbons (Fsp3) is 0.900. The zero-order chi connectivity index (χ0) is 10.8. The van der Waals surface area contributed by atoms with Gasteiger partial charge in [-0.25, -0.2) is 0 Å². The van der Waals surface area contributed by atoms with Gasteiger partial charge in [0.05, 0.1) is 24.8 Å². The SMILES string of the molecule is CCNC(C#N)CCOC(C)COC. The maximum atomic E-state index is 8.73. The molecular weight excluding hydrogens is 180 g/mol. The van der Waals surface area contributed by atoms with E-state index < -0.39 is 0 Å². The third kappa shape index (κ3) is 6.84. The van der Waals surface area contributed by atoms with Crippen molar-refractivity contribution in [1.82, 2.24) is 5.32 Å². The Morgan fingerprint density at radius 3 is 2.71 bits per heavy atom. The average Bonchev–Trinajstić information content (AvgIpc) is 2.17. The van der Waals surface area contributed by atoms with Crippen LogP contribution >= 0.6 is 0 Å². The Kier molecular flexibility index (Phi) is 8.54. The summed E-state index contributed by atoms with van der Waals surface area (Å²) in [6.07, 6.45) is 0.819. The van der Waals surface area contributed by atoms with Crippen LogP contribution in [0.15, 0.2) is 0 Å². The zero-order valence-corrected chi connectivity index (χ0v) is 9.25. The molecule has 82 valence electrons. The van der Waals surface area contributed by atoms with Gasteiger partial charge in [-0.2, -0.15) is 5.26 Å². The quantitative estimate of drug-likeness (QED) is 0.633. The molecular formula is C10H20N2O2. The van der Waals surface area contributed by atoms with E-state index in [9.17, 15) is 0 Å². The fourth-order valence-corrected chi connectivity index (χ4v) is 1.13. The van der Waals surface area contributed by atoms with Crippen molar-refractivity contribution < 1.29 is 9.47 Å². The van der Waals surface area contributed by atoms with Crippen LogP contribution < -0.4 is 5.32 Å². The normalized spacial score (nSPS) is 14.7. The van der Waals surface area contributed by atoms with Crippen molar-refractivity contribution in [2.24, 2.45) is 0 Å². The lowest BCUT2D eigenvalue weighted by Crippen LogP contribution is -2.29. The summed E-state index contributed by atoms with van der Waals surface area (Å²) in [5, 5.41) is 11.8. The lowest BCUT2D eigenvalue weighted by Gasteiger charge is -2.14. The molecule has 1 N–H and O–H groups in total. The first-order valence-corrected chi connectivity index (χ1v) is 4.98. The number of methoxy groups -OCH3 is 1. The standard InChI is InChI=1S/C10H20N2O2/c1-4-12-10(7-11)5-6-14-9(2)8-13-3/h9-10,12H,4-6,8H2,1-3H3. The van der Waals surface area contributed by atoms with Gasteiger partial charge in [-0.1, -0.05) is 6.92 Å². The number of rotatable bonds is 8. The molecule has 14 heavy (non-hydrogen) atoms. The molecule has 4 nitrogen and oxygen atoms in total. The van der Waals surface area contributed by atoms with Crippen molar-refractivity contribution in [2.45, 2.75) is 32.4 Å². The molecule has 0 radical (unpaired) electrons. The van der Waals surface area contributed by atoms with E-state index in [4.69, 9.17) is 14.7 Å². The van der Waals surface area contributed by atoms with E-state index in [0.717, 1.165) is 13.0 Å². The Bertz CT molecular complexity index is 168.